The van der Waals surface area contributed by atoms with Crippen LogP contribution in [0.15, 0.2) is 22.8 Å². The number of aromatic nitrogens is 1. The smallest absolute Gasteiger partial charge is 0.408 e. The Kier molecular flexibility index (Phi) is 5.05. The zero-order chi connectivity index (χ0) is 14.6. The largest absolute Gasteiger partial charge is 0.444 e. The Balaban J connectivity index is 2.66. The molecular weight excluding hydrogens is 312 g/mol. The Bertz CT molecular complexity index is 483. The number of alkyl carbamates (subject to hydrolysis) is 1. The average molecular weight is 329 g/mol. The van der Waals surface area contributed by atoms with Gasteiger partial charge in [0.05, 0.1) is 6.04 Å². The molecule has 0 saturated carbocycles. The van der Waals surface area contributed by atoms with Crippen molar-refractivity contribution < 1.29 is 14.3 Å². The van der Waals surface area contributed by atoms with Crippen LogP contribution in [0.3, 0.4) is 0 Å². The Labute approximate surface area is 120 Å². The van der Waals surface area contributed by atoms with Gasteiger partial charge in [0.25, 0.3) is 0 Å². The van der Waals surface area contributed by atoms with Gasteiger partial charge in [-0.1, -0.05) is 6.07 Å². The molecule has 1 amide bonds. The van der Waals surface area contributed by atoms with E-state index in [0.717, 1.165) is 0 Å². The van der Waals surface area contributed by atoms with Crippen LogP contribution >= 0.6 is 15.9 Å². The summed E-state index contributed by atoms with van der Waals surface area (Å²) in [6.45, 7) is 6.87. The van der Waals surface area contributed by atoms with Crippen molar-refractivity contribution in [3.63, 3.8) is 0 Å². The molecule has 19 heavy (non-hydrogen) atoms. The van der Waals surface area contributed by atoms with Crippen LogP contribution < -0.4 is 5.32 Å². The molecule has 0 aliphatic heterocycles. The normalized spacial score (nSPS) is 12.7. The highest BCUT2D eigenvalue weighted by atomic mass is 79.9. The van der Waals surface area contributed by atoms with Gasteiger partial charge in [-0.25, -0.2) is 9.78 Å². The van der Waals surface area contributed by atoms with Crippen molar-refractivity contribution in [2.24, 2.45) is 0 Å². The van der Waals surface area contributed by atoms with Crippen molar-refractivity contribution >= 4 is 27.8 Å². The van der Waals surface area contributed by atoms with E-state index in [9.17, 15) is 9.59 Å². The molecule has 0 unspecified atom stereocenters. The van der Waals surface area contributed by atoms with Crippen molar-refractivity contribution in [3.8, 4) is 0 Å². The maximum atomic E-state index is 12.0. The molecule has 6 heteroatoms. The van der Waals surface area contributed by atoms with Gasteiger partial charge in [0.1, 0.15) is 15.9 Å². The van der Waals surface area contributed by atoms with Crippen LogP contribution in [0.4, 0.5) is 4.79 Å². The molecule has 1 aromatic rings. The Morgan fingerprint density at radius 2 is 2.00 bits per heavy atom. The lowest BCUT2D eigenvalue weighted by molar-refractivity contribution is 0.0496. The van der Waals surface area contributed by atoms with Crippen molar-refractivity contribution in [3.05, 3.63) is 28.5 Å². The first kappa shape index (κ1) is 15.6. The van der Waals surface area contributed by atoms with Gasteiger partial charge in [0.2, 0.25) is 5.78 Å². The number of ether oxygens (including phenoxy) is 1. The highest BCUT2D eigenvalue weighted by Gasteiger charge is 2.22. The van der Waals surface area contributed by atoms with E-state index < -0.39 is 17.7 Å². The number of pyridine rings is 1. The van der Waals surface area contributed by atoms with E-state index in [1.807, 2.05) is 0 Å². The summed E-state index contributed by atoms with van der Waals surface area (Å²) in [5.74, 6) is -0.271. The maximum Gasteiger partial charge on any atom is 0.408 e. The van der Waals surface area contributed by atoms with Crippen LogP contribution in [0.1, 0.15) is 38.2 Å². The molecule has 1 rings (SSSR count). The number of halogens is 1. The van der Waals surface area contributed by atoms with Gasteiger partial charge < -0.3 is 10.1 Å². The van der Waals surface area contributed by atoms with Crippen LogP contribution in [-0.2, 0) is 4.74 Å². The number of nitrogens with zero attached hydrogens (tertiary/aromatic N) is 1. The quantitative estimate of drug-likeness (QED) is 0.684. The van der Waals surface area contributed by atoms with E-state index in [0.29, 0.717) is 4.60 Å². The number of hydrogen-bond donors (Lipinski definition) is 1. The molecule has 1 atom stereocenters. The third-order valence-electron chi connectivity index (χ3n) is 2.09. The summed E-state index contributed by atoms with van der Waals surface area (Å²) in [5, 5.41) is 2.49. The summed E-state index contributed by atoms with van der Waals surface area (Å²) in [7, 11) is 0. The van der Waals surface area contributed by atoms with Crippen molar-refractivity contribution in [2.75, 3.05) is 0 Å². The van der Waals surface area contributed by atoms with E-state index in [2.05, 4.69) is 26.2 Å². The maximum absolute atomic E-state index is 12.0. The summed E-state index contributed by atoms with van der Waals surface area (Å²) >= 11 is 3.19. The molecule has 1 aromatic heterocycles. The summed E-state index contributed by atoms with van der Waals surface area (Å²) in [6, 6.07) is 4.34. The van der Waals surface area contributed by atoms with E-state index in [1.165, 1.54) is 0 Å². The SMILES string of the molecule is C[C@H](NC(=O)OC(C)(C)C)C(=O)c1cccc(Br)n1. The highest BCUT2D eigenvalue weighted by molar-refractivity contribution is 9.10. The molecule has 0 aliphatic carbocycles. The van der Waals surface area contributed by atoms with Gasteiger partial charge in [-0.3, -0.25) is 4.79 Å². The number of carbonyl (C=O) groups excluding carboxylic acids is 2. The predicted molar refractivity (Wildman–Crippen MR) is 75.1 cm³/mol. The van der Waals surface area contributed by atoms with Crippen LogP contribution in [0.25, 0.3) is 0 Å². The molecule has 0 bridgehead atoms. The second-order valence-electron chi connectivity index (χ2n) is 5.08. The Hall–Kier alpha value is -1.43. The number of hydrogen-bond acceptors (Lipinski definition) is 4. The molecule has 5 nitrogen and oxygen atoms in total. The first-order valence-electron chi connectivity index (χ1n) is 5.85. The third kappa shape index (κ3) is 5.38. The first-order chi connectivity index (χ1) is 8.69. The number of amides is 1. The fourth-order valence-electron chi connectivity index (χ4n) is 1.32. The van der Waals surface area contributed by atoms with Crippen LogP contribution in [0, 0.1) is 0 Å². The zero-order valence-corrected chi connectivity index (χ0v) is 12.9. The molecule has 104 valence electrons. The molecule has 0 saturated heterocycles. The summed E-state index contributed by atoms with van der Waals surface area (Å²) in [6.07, 6.45) is -0.622. The molecule has 0 spiro atoms. The summed E-state index contributed by atoms with van der Waals surface area (Å²) in [5.41, 5.74) is -0.307. The summed E-state index contributed by atoms with van der Waals surface area (Å²) in [4.78, 5) is 27.7. The van der Waals surface area contributed by atoms with Gasteiger partial charge in [-0.15, -0.1) is 0 Å². The van der Waals surface area contributed by atoms with Crippen molar-refractivity contribution in [2.45, 2.75) is 39.3 Å². The number of ketones is 1. The molecule has 0 aliphatic rings. The fraction of sp³-hybridized carbons (Fsp3) is 0.462. The average Bonchev–Trinajstić information content (AvgIpc) is 2.25. The second kappa shape index (κ2) is 6.14. The Morgan fingerprint density at radius 1 is 1.37 bits per heavy atom. The van der Waals surface area contributed by atoms with Gasteiger partial charge >= 0.3 is 6.09 Å². The van der Waals surface area contributed by atoms with Gasteiger partial charge in [0, 0.05) is 0 Å². The van der Waals surface area contributed by atoms with E-state index in [4.69, 9.17) is 4.74 Å². The van der Waals surface area contributed by atoms with E-state index in [-0.39, 0.29) is 11.5 Å². The number of rotatable bonds is 3. The predicted octanol–water partition coefficient (Wildman–Crippen LogP) is 2.94. The lowest BCUT2D eigenvalue weighted by Gasteiger charge is -2.21. The van der Waals surface area contributed by atoms with Gasteiger partial charge in [-0.05, 0) is 55.8 Å². The van der Waals surface area contributed by atoms with Crippen LogP contribution in [-0.4, -0.2) is 28.5 Å². The zero-order valence-electron chi connectivity index (χ0n) is 11.4. The van der Waals surface area contributed by atoms with Gasteiger partial charge in [0.15, 0.2) is 0 Å². The molecule has 0 aromatic carbocycles. The first-order valence-corrected chi connectivity index (χ1v) is 6.64. The van der Waals surface area contributed by atoms with E-state index in [1.54, 1.807) is 45.9 Å². The Morgan fingerprint density at radius 3 is 2.53 bits per heavy atom. The number of Topliss-reactive ketones (excluding diaryl/α,β-unsaturated/α-hetero) is 1. The molecule has 0 fully saturated rings. The second-order valence-corrected chi connectivity index (χ2v) is 5.89. The number of carbonyl (C=O) groups is 2. The van der Waals surface area contributed by atoms with E-state index >= 15 is 0 Å². The lowest BCUT2D eigenvalue weighted by atomic mass is 10.1. The number of nitrogens with one attached hydrogen (secondary N) is 1. The topological polar surface area (TPSA) is 68.3 Å². The van der Waals surface area contributed by atoms with Gasteiger partial charge in [-0.2, -0.15) is 0 Å². The van der Waals surface area contributed by atoms with Crippen LogP contribution in [0.2, 0.25) is 0 Å². The monoisotopic (exact) mass is 328 g/mol. The highest BCUT2D eigenvalue weighted by Crippen LogP contribution is 2.10. The minimum atomic E-state index is -0.698. The standard InChI is InChI=1S/C13H17BrN2O3/c1-8(15-12(18)19-13(2,3)4)11(17)9-6-5-7-10(14)16-9/h5-8H,1-4H3,(H,15,18)/t8-/m0/s1. The van der Waals surface area contributed by atoms with Crippen molar-refractivity contribution in [1.82, 2.24) is 10.3 Å². The fourth-order valence-corrected chi connectivity index (χ4v) is 1.66. The molecule has 1 N–H and O–H groups in total. The van der Waals surface area contributed by atoms with Crippen LogP contribution in [0.5, 0.6) is 0 Å². The molecule has 0 radical (unpaired) electrons. The minimum absolute atomic E-state index is 0.271. The van der Waals surface area contributed by atoms with Crippen molar-refractivity contribution in [1.29, 1.82) is 0 Å². The minimum Gasteiger partial charge on any atom is -0.444 e. The lowest BCUT2D eigenvalue weighted by Crippen LogP contribution is -2.41. The third-order valence-corrected chi connectivity index (χ3v) is 2.54. The molecular formula is C13H17BrN2O3. The molecule has 1 heterocycles. The summed E-state index contributed by atoms with van der Waals surface area (Å²) < 4.78 is 5.66.